The lowest BCUT2D eigenvalue weighted by Crippen LogP contribution is -2.23. The highest BCUT2D eigenvalue weighted by Crippen LogP contribution is 2.21. The molecule has 3 rings (SSSR count). The molecule has 1 N–H and O–H groups in total. The van der Waals surface area contributed by atoms with Gasteiger partial charge in [0.2, 0.25) is 0 Å². The monoisotopic (exact) mass is 401 g/mol. The lowest BCUT2D eigenvalue weighted by molar-refractivity contribution is -0.119. The second-order valence-electron chi connectivity index (χ2n) is 6.83. The van der Waals surface area contributed by atoms with Gasteiger partial charge in [-0.1, -0.05) is 73.7 Å². The van der Waals surface area contributed by atoms with Crippen LogP contribution in [0, 0.1) is 6.92 Å². The molecule has 0 atom stereocenters. The molecule has 0 unspecified atom stereocenters. The summed E-state index contributed by atoms with van der Waals surface area (Å²) in [5.74, 6) is -1.43. The predicted molar refractivity (Wildman–Crippen MR) is 116 cm³/mol. The second-order valence-corrected chi connectivity index (χ2v) is 6.83. The van der Waals surface area contributed by atoms with Gasteiger partial charge in [0.1, 0.15) is 0 Å². The molecule has 152 valence electrons. The number of anilines is 1. The molecule has 0 bridgehead atoms. The molecule has 3 aromatic rings. The van der Waals surface area contributed by atoms with Crippen LogP contribution in [0.15, 0.2) is 72.8 Å². The van der Waals surface area contributed by atoms with Crippen LogP contribution in [0.5, 0.6) is 0 Å². The van der Waals surface area contributed by atoms with E-state index in [9.17, 15) is 14.4 Å². The minimum atomic E-state index is -0.717. The quantitative estimate of drug-likeness (QED) is 0.464. The molecule has 0 spiro atoms. The van der Waals surface area contributed by atoms with E-state index in [1.54, 1.807) is 42.5 Å². The first-order valence-corrected chi connectivity index (χ1v) is 9.75. The zero-order valence-electron chi connectivity index (χ0n) is 17.0. The number of aryl methyl sites for hydroxylation is 2. The minimum absolute atomic E-state index is 0.129. The molecule has 0 aromatic heterocycles. The van der Waals surface area contributed by atoms with Crippen molar-refractivity contribution in [2.24, 2.45) is 0 Å². The fourth-order valence-electron chi connectivity index (χ4n) is 3.19. The smallest absolute Gasteiger partial charge is 0.339 e. The zero-order valence-corrected chi connectivity index (χ0v) is 17.0. The van der Waals surface area contributed by atoms with E-state index in [4.69, 9.17) is 4.74 Å². The molecule has 30 heavy (non-hydrogen) atoms. The number of ether oxygens (including phenoxy) is 1. The van der Waals surface area contributed by atoms with Gasteiger partial charge in [-0.05, 0) is 30.5 Å². The number of carbonyl (C=O) groups is 3. The third-order valence-electron chi connectivity index (χ3n) is 4.77. The van der Waals surface area contributed by atoms with Crippen LogP contribution in [0.3, 0.4) is 0 Å². The molecule has 1 amide bonds. The standard InChI is InChI=1S/C25H23NO4/c1-3-18-13-9-10-17(2)23(18)26-22(27)16-30-25(29)21-15-8-7-14-20(21)24(28)19-11-5-4-6-12-19/h4-15H,3,16H2,1-2H3,(H,26,27). The normalized spacial score (nSPS) is 10.3. The van der Waals surface area contributed by atoms with Crippen LogP contribution < -0.4 is 5.32 Å². The Morgan fingerprint density at radius 2 is 1.50 bits per heavy atom. The number of benzene rings is 3. The summed E-state index contributed by atoms with van der Waals surface area (Å²) in [6, 6.07) is 20.9. The van der Waals surface area contributed by atoms with Crippen LogP contribution >= 0.6 is 0 Å². The van der Waals surface area contributed by atoms with E-state index in [1.807, 2.05) is 38.1 Å². The SMILES string of the molecule is CCc1cccc(C)c1NC(=O)COC(=O)c1ccccc1C(=O)c1ccccc1. The maximum atomic E-state index is 12.8. The Bertz CT molecular complexity index is 1070. The van der Waals surface area contributed by atoms with Gasteiger partial charge < -0.3 is 10.1 Å². The number of amides is 1. The van der Waals surface area contributed by atoms with Crippen molar-refractivity contribution in [3.8, 4) is 0 Å². The number of rotatable bonds is 7. The van der Waals surface area contributed by atoms with E-state index < -0.39 is 18.5 Å². The molecule has 0 saturated heterocycles. The van der Waals surface area contributed by atoms with Crippen molar-refractivity contribution in [3.05, 3.63) is 101 Å². The van der Waals surface area contributed by atoms with Crippen LogP contribution in [0.1, 0.15) is 44.3 Å². The van der Waals surface area contributed by atoms with Gasteiger partial charge in [0.25, 0.3) is 5.91 Å². The topological polar surface area (TPSA) is 72.5 Å². The average Bonchev–Trinajstić information content (AvgIpc) is 2.79. The van der Waals surface area contributed by atoms with Crippen LogP contribution in [0.4, 0.5) is 5.69 Å². The Kier molecular flexibility index (Phi) is 6.75. The number of esters is 1. The maximum absolute atomic E-state index is 12.8. The lowest BCUT2D eigenvalue weighted by atomic mass is 9.98. The highest BCUT2D eigenvalue weighted by Gasteiger charge is 2.20. The summed E-state index contributed by atoms with van der Waals surface area (Å²) in [5, 5.41) is 2.82. The zero-order chi connectivity index (χ0) is 21.5. The molecule has 0 radical (unpaired) electrons. The molecule has 0 aliphatic rings. The van der Waals surface area contributed by atoms with E-state index in [1.165, 1.54) is 6.07 Å². The molecule has 0 heterocycles. The maximum Gasteiger partial charge on any atom is 0.339 e. The van der Waals surface area contributed by atoms with Gasteiger partial charge in [0.05, 0.1) is 5.56 Å². The summed E-state index contributed by atoms with van der Waals surface area (Å²) in [5.41, 5.74) is 3.52. The fraction of sp³-hybridized carbons (Fsp3) is 0.160. The third kappa shape index (κ3) is 4.81. The van der Waals surface area contributed by atoms with E-state index in [2.05, 4.69) is 5.32 Å². The van der Waals surface area contributed by atoms with Crippen molar-refractivity contribution in [1.29, 1.82) is 0 Å². The molecule has 0 fully saturated rings. The van der Waals surface area contributed by atoms with E-state index in [0.29, 0.717) is 5.56 Å². The van der Waals surface area contributed by atoms with Crippen LogP contribution in [0.25, 0.3) is 0 Å². The van der Waals surface area contributed by atoms with Gasteiger partial charge in [-0.3, -0.25) is 9.59 Å². The van der Waals surface area contributed by atoms with Crippen molar-refractivity contribution < 1.29 is 19.1 Å². The summed E-state index contributed by atoms with van der Waals surface area (Å²) < 4.78 is 5.20. The summed E-state index contributed by atoms with van der Waals surface area (Å²) in [4.78, 5) is 37.7. The summed E-state index contributed by atoms with van der Waals surface area (Å²) in [6.45, 7) is 3.47. The molecule has 5 nitrogen and oxygen atoms in total. The third-order valence-corrected chi connectivity index (χ3v) is 4.77. The first-order chi connectivity index (χ1) is 14.5. The molecule has 0 aliphatic carbocycles. The fourth-order valence-corrected chi connectivity index (χ4v) is 3.19. The van der Waals surface area contributed by atoms with Gasteiger partial charge in [-0.2, -0.15) is 0 Å². The van der Waals surface area contributed by atoms with E-state index in [-0.39, 0.29) is 16.9 Å². The van der Waals surface area contributed by atoms with Crippen molar-refractivity contribution in [1.82, 2.24) is 0 Å². The summed E-state index contributed by atoms with van der Waals surface area (Å²) >= 11 is 0. The van der Waals surface area contributed by atoms with Gasteiger partial charge in [-0.15, -0.1) is 0 Å². The Balaban J connectivity index is 1.70. The van der Waals surface area contributed by atoms with Crippen molar-refractivity contribution >= 4 is 23.3 Å². The van der Waals surface area contributed by atoms with Crippen molar-refractivity contribution in [2.75, 3.05) is 11.9 Å². The van der Waals surface area contributed by atoms with Crippen molar-refractivity contribution in [3.63, 3.8) is 0 Å². The highest BCUT2D eigenvalue weighted by atomic mass is 16.5. The predicted octanol–water partition coefficient (Wildman–Crippen LogP) is 4.58. The first-order valence-electron chi connectivity index (χ1n) is 9.75. The summed E-state index contributed by atoms with van der Waals surface area (Å²) in [7, 11) is 0. The Labute approximate surface area is 175 Å². The Hall–Kier alpha value is -3.73. The van der Waals surface area contributed by atoms with Gasteiger partial charge in [0.15, 0.2) is 12.4 Å². The van der Waals surface area contributed by atoms with Gasteiger partial charge in [-0.25, -0.2) is 4.79 Å². The van der Waals surface area contributed by atoms with Gasteiger partial charge in [0, 0.05) is 16.8 Å². The number of para-hydroxylation sites is 1. The van der Waals surface area contributed by atoms with Crippen LogP contribution in [-0.2, 0) is 16.0 Å². The summed E-state index contributed by atoms with van der Waals surface area (Å²) in [6.07, 6.45) is 0.770. The van der Waals surface area contributed by atoms with E-state index in [0.717, 1.165) is 23.2 Å². The molecule has 0 saturated carbocycles. The Morgan fingerprint density at radius 3 is 2.20 bits per heavy atom. The minimum Gasteiger partial charge on any atom is -0.452 e. The van der Waals surface area contributed by atoms with Crippen LogP contribution in [-0.4, -0.2) is 24.3 Å². The molecule has 0 aliphatic heterocycles. The number of hydrogen-bond acceptors (Lipinski definition) is 4. The van der Waals surface area contributed by atoms with E-state index >= 15 is 0 Å². The number of ketones is 1. The number of carbonyl (C=O) groups excluding carboxylic acids is 3. The molecule has 3 aromatic carbocycles. The first kappa shape index (κ1) is 21.0. The van der Waals surface area contributed by atoms with Crippen molar-refractivity contribution in [2.45, 2.75) is 20.3 Å². The second kappa shape index (κ2) is 9.65. The largest absolute Gasteiger partial charge is 0.452 e. The van der Waals surface area contributed by atoms with Crippen LogP contribution in [0.2, 0.25) is 0 Å². The van der Waals surface area contributed by atoms with Gasteiger partial charge >= 0.3 is 5.97 Å². The lowest BCUT2D eigenvalue weighted by Gasteiger charge is -2.13. The molecule has 5 heteroatoms. The Morgan fingerprint density at radius 1 is 0.833 bits per heavy atom. The molecular formula is C25H23NO4. The highest BCUT2D eigenvalue weighted by molar-refractivity contribution is 6.14. The number of hydrogen-bond donors (Lipinski definition) is 1. The number of nitrogens with one attached hydrogen (secondary N) is 1. The molecular weight excluding hydrogens is 378 g/mol. The average molecular weight is 401 g/mol.